The van der Waals surface area contributed by atoms with E-state index in [1.54, 1.807) is 6.08 Å². The fourth-order valence-electron chi connectivity index (χ4n) is 0.303. The van der Waals surface area contributed by atoms with Crippen LogP contribution in [-0.2, 0) is 0 Å². The Labute approximate surface area is 44.3 Å². The van der Waals surface area contributed by atoms with Gasteiger partial charge in [-0.15, -0.1) is 6.58 Å². The number of hydrogen-bond donors (Lipinski definition) is 0. The summed E-state index contributed by atoms with van der Waals surface area (Å²) in [5.41, 5.74) is 0. The van der Waals surface area contributed by atoms with Crippen LogP contribution < -0.4 is 0 Å². The summed E-state index contributed by atoms with van der Waals surface area (Å²) in [6, 6.07) is 2.09. The number of allylic oxidation sites excluding steroid dienone is 1. The van der Waals surface area contributed by atoms with E-state index >= 15 is 0 Å². The van der Waals surface area contributed by atoms with Crippen molar-refractivity contribution in [2.24, 2.45) is 5.92 Å². The topological polar surface area (TPSA) is 23.8 Å². The Hall–Kier alpha value is -0.770. The van der Waals surface area contributed by atoms with Crippen molar-refractivity contribution in [1.29, 1.82) is 5.26 Å². The minimum atomic E-state index is 0.137. The molecule has 0 aromatic rings. The Morgan fingerprint density at radius 2 is 2.57 bits per heavy atom. The molecule has 0 rings (SSSR count). The van der Waals surface area contributed by atoms with Crippen LogP contribution in [0.5, 0.6) is 0 Å². The van der Waals surface area contributed by atoms with Crippen LogP contribution >= 0.6 is 0 Å². The van der Waals surface area contributed by atoms with E-state index in [0.717, 1.165) is 6.42 Å². The molecule has 0 bridgehead atoms. The second kappa shape index (κ2) is 3.42. The summed E-state index contributed by atoms with van der Waals surface area (Å²) in [6.07, 6.45) is 2.56. The molecule has 0 aromatic heterocycles. The third-order valence-electron chi connectivity index (χ3n) is 0.741. The predicted molar refractivity (Wildman–Crippen MR) is 29.6 cm³/mol. The minimum absolute atomic E-state index is 0.137. The number of rotatable bonds is 2. The lowest BCUT2D eigenvalue weighted by molar-refractivity contribution is 0.762. The number of nitrogens with zero attached hydrogens (tertiary/aromatic N) is 1. The minimum Gasteiger partial charge on any atom is -0.198 e. The van der Waals surface area contributed by atoms with E-state index in [1.165, 1.54) is 0 Å². The molecule has 0 aliphatic heterocycles. The average molecular weight is 95.1 g/mol. The van der Waals surface area contributed by atoms with Crippen molar-refractivity contribution < 1.29 is 0 Å². The second-order valence-electron chi connectivity index (χ2n) is 1.55. The number of nitriles is 1. The third-order valence-corrected chi connectivity index (χ3v) is 0.741. The summed E-state index contributed by atoms with van der Waals surface area (Å²) in [4.78, 5) is 0. The molecule has 0 spiro atoms. The van der Waals surface area contributed by atoms with Gasteiger partial charge in [-0.2, -0.15) is 5.26 Å². The molecule has 7 heavy (non-hydrogen) atoms. The Morgan fingerprint density at radius 1 is 2.00 bits per heavy atom. The lowest BCUT2D eigenvalue weighted by atomic mass is 10.1. The first kappa shape index (κ1) is 6.23. The zero-order valence-electron chi connectivity index (χ0n) is 4.52. The van der Waals surface area contributed by atoms with Crippen LogP contribution in [-0.4, -0.2) is 0 Å². The quantitative estimate of drug-likeness (QED) is 0.479. The van der Waals surface area contributed by atoms with E-state index in [0.29, 0.717) is 0 Å². The molecule has 1 nitrogen and oxygen atoms in total. The van der Waals surface area contributed by atoms with Crippen LogP contribution in [0.1, 0.15) is 13.3 Å². The first-order chi connectivity index (χ1) is 3.31. The van der Waals surface area contributed by atoms with Crippen molar-refractivity contribution in [2.75, 3.05) is 0 Å². The molecular formula is C6H9N. The third kappa shape index (κ3) is 3.05. The van der Waals surface area contributed by atoms with Crippen LogP contribution in [0.15, 0.2) is 12.7 Å². The van der Waals surface area contributed by atoms with Gasteiger partial charge < -0.3 is 0 Å². The molecule has 0 amide bonds. The van der Waals surface area contributed by atoms with Crippen molar-refractivity contribution in [3.63, 3.8) is 0 Å². The summed E-state index contributed by atoms with van der Waals surface area (Å²) in [7, 11) is 0. The Bertz CT molecular complexity index is 88.8. The highest BCUT2D eigenvalue weighted by atomic mass is 14.2. The predicted octanol–water partition coefficient (Wildman–Crippen LogP) is 1.72. The molecule has 0 aliphatic carbocycles. The Morgan fingerprint density at radius 3 is 2.71 bits per heavy atom. The first-order valence-corrected chi connectivity index (χ1v) is 2.31. The fraction of sp³-hybridized carbons (Fsp3) is 0.500. The molecule has 0 aromatic carbocycles. The molecule has 0 fully saturated rings. The maximum Gasteiger partial charge on any atom is 0.0656 e. The van der Waals surface area contributed by atoms with Gasteiger partial charge in [-0.05, 0) is 13.3 Å². The van der Waals surface area contributed by atoms with Crippen LogP contribution in [0.25, 0.3) is 0 Å². The monoisotopic (exact) mass is 95.1 g/mol. The first-order valence-electron chi connectivity index (χ1n) is 2.31. The van der Waals surface area contributed by atoms with Gasteiger partial charge in [-0.25, -0.2) is 0 Å². The average Bonchev–Trinajstić information content (AvgIpc) is 1.68. The molecule has 0 aliphatic rings. The van der Waals surface area contributed by atoms with Crippen molar-refractivity contribution >= 4 is 0 Å². The molecule has 38 valence electrons. The van der Waals surface area contributed by atoms with Crippen molar-refractivity contribution in [2.45, 2.75) is 13.3 Å². The molecule has 0 saturated heterocycles. The van der Waals surface area contributed by atoms with Crippen LogP contribution in [0.3, 0.4) is 0 Å². The highest BCUT2D eigenvalue weighted by Gasteiger charge is 1.90. The maximum absolute atomic E-state index is 8.17. The largest absolute Gasteiger partial charge is 0.198 e. The van der Waals surface area contributed by atoms with E-state index in [9.17, 15) is 0 Å². The molecular weight excluding hydrogens is 86.1 g/mol. The van der Waals surface area contributed by atoms with Gasteiger partial charge in [0.15, 0.2) is 0 Å². The second-order valence-corrected chi connectivity index (χ2v) is 1.55. The molecule has 1 unspecified atom stereocenters. The van der Waals surface area contributed by atoms with Gasteiger partial charge in [0.05, 0.1) is 6.07 Å². The maximum atomic E-state index is 8.17. The standard InChI is InChI=1S/C6H9N/c1-3-4-6(2)5-7/h3,6H,1,4H2,2H3. The molecule has 0 heterocycles. The number of hydrogen-bond acceptors (Lipinski definition) is 1. The van der Waals surface area contributed by atoms with E-state index < -0.39 is 0 Å². The Balaban J connectivity index is 3.21. The summed E-state index contributed by atoms with van der Waals surface area (Å²) >= 11 is 0. The summed E-state index contributed by atoms with van der Waals surface area (Å²) in [5.74, 6) is 0.137. The molecule has 0 N–H and O–H groups in total. The van der Waals surface area contributed by atoms with Gasteiger partial charge in [0.25, 0.3) is 0 Å². The lowest BCUT2D eigenvalue weighted by Crippen LogP contribution is -1.83. The summed E-state index contributed by atoms with van der Waals surface area (Å²) < 4.78 is 0. The van der Waals surface area contributed by atoms with Gasteiger partial charge in [-0.3, -0.25) is 0 Å². The van der Waals surface area contributed by atoms with Gasteiger partial charge in [0.1, 0.15) is 0 Å². The van der Waals surface area contributed by atoms with E-state index in [1.807, 2.05) is 6.92 Å². The normalized spacial score (nSPS) is 12.0. The molecule has 0 radical (unpaired) electrons. The van der Waals surface area contributed by atoms with Gasteiger partial charge in [-0.1, -0.05) is 6.08 Å². The van der Waals surface area contributed by atoms with Gasteiger partial charge in [0, 0.05) is 5.92 Å². The molecule has 0 saturated carbocycles. The van der Waals surface area contributed by atoms with E-state index in [2.05, 4.69) is 12.6 Å². The van der Waals surface area contributed by atoms with Gasteiger partial charge >= 0.3 is 0 Å². The zero-order valence-corrected chi connectivity index (χ0v) is 4.52. The van der Waals surface area contributed by atoms with Crippen LogP contribution in [0.2, 0.25) is 0 Å². The fourth-order valence-corrected chi connectivity index (χ4v) is 0.303. The van der Waals surface area contributed by atoms with Crippen LogP contribution in [0.4, 0.5) is 0 Å². The van der Waals surface area contributed by atoms with Crippen molar-refractivity contribution in [1.82, 2.24) is 0 Å². The van der Waals surface area contributed by atoms with Crippen molar-refractivity contribution in [3.05, 3.63) is 12.7 Å². The Kier molecular flexibility index (Phi) is 3.04. The summed E-state index contributed by atoms with van der Waals surface area (Å²) in [5, 5.41) is 8.17. The SMILES string of the molecule is C=CCC(C)C#N. The highest BCUT2D eigenvalue weighted by Crippen LogP contribution is 1.97. The molecule has 1 heteroatoms. The zero-order chi connectivity index (χ0) is 5.70. The van der Waals surface area contributed by atoms with Gasteiger partial charge in [0.2, 0.25) is 0 Å². The summed E-state index contributed by atoms with van der Waals surface area (Å²) in [6.45, 7) is 5.37. The van der Waals surface area contributed by atoms with E-state index in [-0.39, 0.29) is 5.92 Å². The highest BCUT2D eigenvalue weighted by molar-refractivity contribution is 4.84. The molecule has 1 atom stereocenters. The van der Waals surface area contributed by atoms with E-state index in [4.69, 9.17) is 5.26 Å². The lowest BCUT2D eigenvalue weighted by Gasteiger charge is -1.89. The van der Waals surface area contributed by atoms with Crippen molar-refractivity contribution in [3.8, 4) is 6.07 Å². The smallest absolute Gasteiger partial charge is 0.0656 e. The van der Waals surface area contributed by atoms with Crippen LogP contribution in [0, 0.1) is 17.2 Å².